The number of hydrogen-bond acceptors (Lipinski definition) is 8. The van der Waals surface area contributed by atoms with Crippen LogP contribution in [0.4, 0.5) is 16.1 Å². The topological polar surface area (TPSA) is 148 Å². The van der Waals surface area contributed by atoms with Crippen LogP contribution in [-0.4, -0.2) is 39.2 Å². The maximum atomic E-state index is 13.1. The van der Waals surface area contributed by atoms with Crippen LogP contribution in [0, 0.1) is 5.82 Å². The minimum absolute atomic E-state index is 0.0114. The maximum absolute atomic E-state index is 13.1. The summed E-state index contributed by atoms with van der Waals surface area (Å²) in [4.78, 5) is 12.5. The van der Waals surface area contributed by atoms with Gasteiger partial charge in [-0.25, -0.2) is 21.2 Å². The highest BCUT2D eigenvalue weighted by Crippen LogP contribution is 2.27. The van der Waals surface area contributed by atoms with Crippen LogP contribution in [0.3, 0.4) is 0 Å². The molecule has 2 N–H and O–H groups in total. The van der Waals surface area contributed by atoms with Gasteiger partial charge in [0.1, 0.15) is 5.82 Å². The third-order valence-electron chi connectivity index (χ3n) is 4.66. The monoisotopic (exact) mass is 516 g/mol. The van der Waals surface area contributed by atoms with Crippen molar-refractivity contribution in [2.24, 2.45) is 0 Å². The highest BCUT2D eigenvalue weighted by Gasteiger charge is 2.20. The van der Waals surface area contributed by atoms with Gasteiger partial charge in [0.05, 0.1) is 15.4 Å². The number of amides is 1. The molecule has 1 amide bonds. The summed E-state index contributed by atoms with van der Waals surface area (Å²) >= 11 is 0. The third kappa shape index (κ3) is 5.53. The number of nitrogens with zero attached hydrogens (tertiary/aromatic N) is 2. The van der Waals surface area contributed by atoms with Crippen molar-refractivity contribution >= 4 is 37.5 Å². The quantitative estimate of drug-likeness (QED) is 0.380. The number of benzene rings is 3. The van der Waals surface area contributed by atoms with Gasteiger partial charge in [-0.1, -0.05) is 23.3 Å². The second-order valence-corrected chi connectivity index (χ2v) is 10.9. The summed E-state index contributed by atoms with van der Waals surface area (Å²) in [6, 6.07) is 15.6. The number of rotatable bonds is 7. The molecular weight excluding hydrogens is 499 g/mol. The molecule has 0 atom stereocenters. The number of hydrogen-bond donors (Lipinski definition) is 2. The van der Waals surface area contributed by atoms with Crippen LogP contribution in [-0.2, 0) is 19.9 Å². The second-order valence-electron chi connectivity index (χ2n) is 7.28. The van der Waals surface area contributed by atoms with E-state index in [0.717, 1.165) is 30.5 Å². The van der Waals surface area contributed by atoms with Crippen molar-refractivity contribution in [1.82, 2.24) is 10.2 Å². The van der Waals surface area contributed by atoms with Crippen LogP contribution < -0.4 is 10.0 Å². The molecule has 1 aromatic heterocycles. The van der Waals surface area contributed by atoms with E-state index >= 15 is 0 Å². The van der Waals surface area contributed by atoms with E-state index in [4.69, 9.17) is 4.42 Å². The molecule has 0 radical (unpaired) electrons. The average molecular weight is 517 g/mol. The largest absolute Gasteiger partial charge is 0.403 e. The number of nitrogens with one attached hydrogen (secondary N) is 2. The van der Waals surface area contributed by atoms with Gasteiger partial charge in [-0.15, -0.1) is 5.10 Å². The average Bonchev–Trinajstić information content (AvgIpc) is 3.27. The van der Waals surface area contributed by atoms with Crippen LogP contribution in [0.25, 0.3) is 11.5 Å². The number of sulfone groups is 1. The Kier molecular flexibility index (Phi) is 6.37. The van der Waals surface area contributed by atoms with E-state index < -0.39 is 31.6 Å². The van der Waals surface area contributed by atoms with Crippen molar-refractivity contribution in [3.63, 3.8) is 0 Å². The molecule has 3 aromatic carbocycles. The van der Waals surface area contributed by atoms with Crippen LogP contribution in [0.5, 0.6) is 0 Å². The zero-order chi connectivity index (χ0) is 25.2. The number of carbonyl (C=O) groups excluding carboxylic acids is 1. The Balaban J connectivity index is 1.52. The van der Waals surface area contributed by atoms with Crippen molar-refractivity contribution in [2.75, 3.05) is 16.3 Å². The molecule has 0 saturated heterocycles. The molecule has 0 saturated carbocycles. The van der Waals surface area contributed by atoms with Crippen LogP contribution in [0.1, 0.15) is 10.4 Å². The Bertz CT molecular complexity index is 1620. The van der Waals surface area contributed by atoms with E-state index in [1.807, 2.05) is 0 Å². The molecule has 0 fully saturated rings. The van der Waals surface area contributed by atoms with Crippen molar-refractivity contribution in [2.45, 2.75) is 9.79 Å². The fraction of sp³-hybridized carbons (Fsp3) is 0.0455. The molecule has 0 aliphatic heterocycles. The van der Waals surface area contributed by atoms with Crippen molar-refractivity contribution in [3.8, 4) is 11.5 Å². The lowest BCUT2D eigenvalue weighted by molar-refractivity contribution is 0.102. The van der Waals surface area contributed by atoms with Crippen molar-refractivity contribution < 1.29 is 30.4 Å². The van der Waals surface area contributed by atoms with Gasteiger partial charge in [0.2, 0.25) is 0 Å². The smallest absolute Gasteiger partial charge is 0.322 e. The van der Waals surface area contributed by atoms with E-state index in [9.17, 15) is 26.0 Å². The number of sulfonamides is 1. The first kappa shape index (κ1) is 24.0. The van der Waals surface area contributed by atoms with Gasteiger partial charge in [0, 0.05) is 17.5 Å². The molecule has 180 valence electrons. The first-order valence-electron chi connectivity index (χ1n) is 9.86. The molecule has 10 nitrogen and oxygen atoms in total. The normalized spacial score (nSPS) is 11.7. The fourth-order valence-electron chi connectivity index (χ4n) is 3.07. The van der Waals surface area contributed by atoms with Gasteiger partial charge in [0.15, 0.2) is 9.84 Å². The van der Waals surface area contributed by atoms with E-state index in [0.29, 0.717) is 0 Å². The van der Waals surface area contributed by atoms with Gasteiger partial charge >= 0.3 is 6.01 Å². The zero-order valence-corrected chi connectivity index (χ0v) is 19.6. The maximum Gasteiger partial charge on any atom is 0.322 e. The van der Waals surface area contributed by atoms with E-state index in [-0.39, 0.29) is 38.5 Å². The predicted molar refractivity (Wildman–Crippen MR) is 124 cm³/mol. The Morgan fingerprint density at radius 3 is 2.34 bits per heavy atom. The lowest BCUT2D eigenvalue weighted by Crippen LogP contribution is -2.15. The van der Waals surface area contributed by atoms with Gasteiger partial charge in [-0.3, -0.25) is 14.8 Å². The predicted octanol–water partition coefficient (Wildman–Crippen LogP) is 3.33. The molecular formula is C22H17FN4O6S2. The highest BCUT2D eigenvalue weighted by molar-refractivity contribution is 7.92. The first-order chi connectivity index (χ1) is 16.5. The summed E-state index contributed by atoms with van der Waals surface area (Å²) in [5, 5.41) is 9.91. The van der Waals surface area contributed by atoms with E-state index in [1.54, 1.807) is 12.1 Å². The van der Waals surface area contributed by atoms with E-state index in [1.165, 1.54) is 36.4 Å². The summed E-state index contributed by atoms with van der Waals surface area (Å²) in [6.45, 7) is 0. The Morgan fingerprint density at radius 1 is 0.914 bits per heavy atom. The Morgan fingerprint density at radius 2 is 1.63 bits per heavy atom. The lowest BCUT2D eigenvalue weighted by atomic mass is 10.2. The summed E-state index contributed by atoms with van der Waals surface area (Å²) in [5.41, 5.74) is 0.344. The molecule has 4 aromatic rings. The standard InChI is InChI=1S/C22H17FN4O6S2/c1-34(29,30)19-8-3-2-7-18(19)21-25-26-22(33-21)24-20(28)14-5-4-6-16(13-14)27-35(31,32)17-11-9-15(23)10-12-17/h2-13,27H,1H3,(H,24,26,28). The summed E-state index contributed by atoms with van der Waals surface area (Å²) in [7, 11) is -7.58. The number of aromatic nitrogens is 2. The lowest BCUT2D eigenvalue weighted by Gasteiger charge is -2.09. The van der Waals surface area contributed by atoms with Gasteiger partial charge in [-0.05, 0) is 54.6 Å². The van der Waals surface area contributed by atoms with Gasteiger partial charge in [0.25, 0.3) is 21.8 Å². The zero-order valence-electron chi connectivity index (χ0n) is 18.0. The number of halogens is 1. The highest BCUT2D eigenvalue weighted by atomic mass is 32.2. The third-order valence-corrected chi connectivity index (χ3v) is 7.22. The molecule has 0 bridgehead atoms. The minimum atomic E-state index is -4.01. The van der Waals surface area contributed by atoms with Crippen molar-refractivity contribution in [1.29, 1.82) is 0 Å². The van der Waals surface area contributed by atoms with Gasteiger partial charge in [-0.2, -0.15) is 0 Å². The fourth-order valence-corrected chi connectivity index (χ4v) is 5.00. The molecule has 1 heterocycles. The summed E-state index contributed by atoms with van der Waals surface area (Å²) in [6.07, 6.45) is 1.04. The molecule has 4 rings (SSSR count). The molecule has 0 unspecified atom stereocenters. The molecule has 13 heteroatoms. The summed E-state index contributed by atoms with van der Waals surface area (Å²) in [5.74, 6) is -1.37. The number of anilines is 2. The Labute approximate surface area is 199 Å². The Hall–Kier alpha value is -4.10. The molecule has 35 heavy (non-hydrogen) atoms. The van der Waals surface area contributed by atoms with Crippen LogP contribution >= 0.6 is 0 Å². The molecule has 0 aliphatic carbocycles. The minimum Gasteiger partial charge on any atom is -0.403 e. The molecule has 0 aliphatic rings. The van der Waals surface area contributed by atoms with Gasteiger partial charge < -0.3 is 4.42 Å². The summed E-state index contributed by atoms with van der Waals surface area (Å²) < 4.78 is 69.9. The van der Waals surface area contributed by atoms with E-state index in [2.05, 4.69) is 20.2 Å². The number of carbonyl (C=O) groups is 1. The van der Waals surface area contributed by atoms with Crippen LogP contribution in [0.15, 0.2) is 87.0 Å². The SMILES string of the molecule is CS(=O)(=O)c1ccccc1-c1nnc(NC(=O)c2cccc(NS(=O)(=O)c3ccc(F)cc3)c2)o1. The van der Waals surface area contributed by atoms with Crippen LogP contribution in [0.2, 0.25) is 0 Å². The van der Waals surface area contributed by atoms with Crippen molar-refractivity contribution in [3.05, 3.63) is 84.2 Å². The molecule has 0 spiro atoms. The first-order valence-corrected chi connectivity index (χ1v) is 13.2. The second kappa shape index (κ2) is 9.27.